The number of aromatic amines is 1. The molecule has 1 fully saturated rings. The molecule has 27 heavy (non-hydrogen) atoms. The number of carboxylic acids is 1. The van der Waals surface area contributed by atoms with Gasteiger partial charge in [0.2, 0.25) is 0 Å². The van der Waals surface area contributed by atoms with Crippen LogP contribution in [0.1, 0.15) is 23.2 Å². The quantitative estimate of drug-likeness (QED) is 0.647. The van der Waals surface area contributed by atoms with Gasteiger partial charge in [0.05, 0.1) is 12.7 Å². The average Bonchev–Trinajstić information content (AvgIpc) is 3.05. The lowest BCUT2D eigenvalue weighted by atomic mass is 10.1. The highest BCUT2D eigenvalue weighted by Crippen LogP contribution is 2.23. The van der Waals surface area contributed by atoms with Gasteiger partial charge in [-0.1, -0.05) is 0 Å². The van der Waals surface area contributed by atoms with Gasteiger partial charge in [-0.3, -0.25) is 4.79 Å². The van der Waals surface area contributed by atoms with Crippen molar-refractivity contribution in [2.75, 3.05) is 20.2 Å². The predicted octanol–water partition coefficient (Wildman–Crippen LogP) is 2.29. The van der Waals surface area contributed by atoms with Crippen molar-refractivity contribution in [3.8, 4) is 5.75 Å². The predicted molar refractivity (Wildman–Crippen MR) is 91.9 cm³/mol. The summed E-state index contributed by atoms with van der Waals surface area (Å²) in [5.74, 6) is -2.02. The topological polar surface area (TPSA) is 103 Å². The van der Waals surface area contributed by atoms with E-state index in [2.05, 4.69) is 15.6 Å². The summed E-state index contributed by atoms with van der Waals surface area (Å²) in [6, 6.07) is 5.96. The highest BCUT2D eigenvalue weighted by atomic mass is 19.4. The maximum Gasteiger partial charge on any atom is 0.490 e. The normalized spacial score (nSPS) is 15.0. The zero-order chi connectivity index (χ0) is 20.0. The molecule has 1 aliphatic rings. The minimum atomic E-state index is -5.08. The van der Waals surface area contributed by atoms with E-state index in [-0.39, 0.29) is 11.9 Å². The molecule has 0 atom stereocenters. The number of alkyl halides is 3. The van der Waals surface area contributed by atoms with Gasteiger partial charge in [0.15, 0.2) is 0 Å². The Hall–Kier alpha value is -2.75. The van der Waals surface area contributed by atoms with E-state index in [1.807, 2.05) is 18.2 Å². The molecule has 10 heteroatoms. The highest BCUT2D eigenvalue weighted by Gasteiger charge is 2.38. The van der Waals surface area contributed by atoms with Gasteiger partial charge >= 0.3 is 12.1 Å². The maximum absolute atomic E-state index is 12.4. The van der Waals surface area contributed by atoms with Crippen molar-refractivity contribution < 1.29 is 32.6 Å². The van der Waals surface area contributed by atoms with E-state index in [9.17, 15) is 18.0 Å². The van der Waals surface area contributed by atoms with E-state index < -0.39 is 12.1 Å². The Kier molecular flexibility index (Phi) is 6.67. The highest BCUT2D eigenvalue weighted by molar-refractivity contribution is 6.07. The van der Waals surface area contributed by atoms with Crippen molar-refractivity contribution in [1.82, 2.24) is 15.6 Å². The first-order chi connectivity index (χ1) is 12.7. The Balaban J connectivity index is 0.000000321. The average molecular weight is 387 g/mol. The Labute approximate surface area is 152 Å². The summed E-state index contributed by atoms with van der Waals surface area (Å²) in [7, 11) is 1.63. The number of amides is 1. The minimum Gasteiger partial charge on any atom is -0.497 e. The van der Waals surface area contributed by atoms with Crippen LogP contribution in [-0.2, 0) is 4.79 Å². The molecule has 2 aromatic rings. The van der Waals surface area contributed by atoms with Crippen LogP contribution in [0.4, 0.5) is 13.2 Å². The lowest BCUT2D eigenvalue weighted by Gasteiger charge is -2.23. The second-order valence-corrected chi connectivity index (χ2v) is 5.91. The molecular formula is C17H20F3N3O4. The number of carbonyl (C=O) groups is 2. The van der Waals surface area contributed by atoms with Crippen molar-refractivity contribution in [2.24, 2.45) is 0 Å². The molecule has 1 amide bonds. The van der Waals surface area contributed by atoms with E-state index in [1.165, 1.54) is 0 Å². The third kappa shape index (κ3) is 5.61. The second-order valence-electron chi connectivity index (χ2n) is 5.91. The van der Waals surface area contributed by atoms with E-state index in [4.69, 9.17) is 14.6 Å². The number of nitrogens with one attached hydrogen (secondary N) is 3. The van der Waals surface area contributed by atoms with Crippen LogP contribution in [0.5, 0.6) is 5.75 Å². The molecule has 0 radical (unpaired) electrons. The molecule has 7 nitrogen and oxygen atoms in total. The number of aliphatic carboxylic acids is 1. The van der Waals surface area contributed by atoms with Gasteiger partial charge in [-0.2, -0.15) is 13.2 Å². The van der Waals surface area contributed by atoms with Gasteiger partial charge in [-0.05, 0) is 44.1 Å². The maximum atomic E-state index is 12.4. The Morgan fingerprint density at radius 2 is 1.89 bits per heavy atom. The summed E-state index contributed by atoms with van der Waals surface area (Å²) in [6.07, 6.45) is -1.35. The zero-order valence-corrected chi connectivity index (χ0v) is 14.5. The van der Waals surface area contributed by atoms with Crippen LogP contribution < -0.4 is 15.4 Å². The number of ether oxygens (including phenoxy) is 1. The molecule has 4 N–H and O–H groups in total. The van der Waals surface area contributed by atoms with Crippen molar-refractivity contribution in [3.05, 3.63) is 30.0 Å². The van der Waals surface area contributed by atoms with E-state index >= 15 is 0 Å². The lowest BCUT2D eigenvalue weighted by molar-refractivity contribution is -0.192. The minimum absolute atomic E-state index is 0.0172. The zero-order valence-electron chi connectivity index (χ0n) is 14.5. The Morgan fingerprint density at radius 1 is 1.26 bits per heavy atom. The summed E-state index contributed by atoms with van der Waals surface area (Å²) in [4.78, 5) is 24.4. The number of carbonyl (C=O) groups excluding carboxylic acids is 1. The number of carboxylic acid groups (broad SMARTS) is 1. The SMILES string of the molecule is COc1ccc2[nH]cc(C(=O)NC3CCNCC3)c2c1.O=C(O)C(F)(F)F. The smallest absolute Gasteiger partial charge is 0.490 e. The van der Waals surface area contributed by atoms with Gasteiger partial charge in [-0.15, -0.1) is 0 Å². The molecule has 1 aromatic carbocycles. The number of halogens is 3. The van der Waals surface area contributed by atoms with Crippen LogP contribution in [0.15, 0.2) is 24.4 Å². The van der Waals surface area contributed by atoms with Crippen molar-refractivity contribution in [2.45, 2.75) is 25.1 Å². The molecule has 148 valence electrons. The first kappa shape index (κ1) is 20.6. The van der Waals surface area contributed by atoms with Gasteiger partial charge < -0.3 is 25.5 Å². The molecule has 0 bridgehead atoms. The summed E-state index contributed by atoms with van der Waals surface area (Å²) < 4.78 is 37.0. The van der Waals surface area contributed by atoms with Gasteiger partial charge in [0.25, 0.3) is 5.91 Å². The van der Waals surface area contributed by atoms with Crippen molar-refractivity contribution in [3.63, 3.8) is 0 Å². The molecular weight excluding hydrogens is 367 g/mol. The molecule has 2 heterocycles. The number of aromatic nitrogens is 1. The molecule has 1 aliphatic heterocycles. The molecule has 3 rings (SSSR count). The fourth-order valence-electron chi connectivity index (χ4n) is 2.64. The molecule has 0 aliphatic carbocycles. The third-order valence-corrected chi connectivity index (χ3v) is 4.05. The Bertz CT molecular complexity index is 798. The van der Waals surface area contributed by atoms with E-state index in [0.717, 1.165) is 42.6 Å². The summed E-state index contributed by atoms with van der Waals surface area (Å²) in [5.41, 5.74) is 1.62. The number of hydrogen-bond acceptors (Lipinski definition) is 4. The number of hydrogen-bond donors (Lipinski definition) is 4. The molecule has 1 aromatic heterocycles. The van der Waals surface area contributed by atoms with E-state index in [0.29, 0.717) is 5.56 Å². The monoisotopic (exact) mass is 387 g/mol. The van der Waals surface area contributed by atoms with Crippen molar-refractivity contribution >= 4 is 22.8 Å². The second kappa shape index (κ2) is 8.76. The summed E-state index contributed by atoms with van der Waals surface area (Å²) >= 11 is 0. The number of H-pyrrole nitrogens is 1. The first-order valence-corrected chi connectivity index (χ1v) is 8.19. The first-order valence-electron chi connectivity index (χ1n) is 8.19. The Morgan fingerprint density at radius 3 is 2.44 bits per heavy atom. The fourth-order valence-corrected chi connectivity index (χ4v) is 2.64. The summed E-state index contributed by atoms with van der Waals surface area (Å²) in [5, 5.41) is 14.4. The molecule has 0 saturated carbocycles. The van der Waals surface area contributed by atoms with Crippen LogP contribution in [0, 0.1) is 0 Å². The standard InChI is InChI=1S/C15H19N3O2.C2HF3O2/c1-20-11-2-3-14-12(8-11)13(9-17-14)15(19)18-10-4-6-16-7-5-10;3-2(4,5)1(6)7/h2-3,8-10,16-17H,4-7H2,1H3,(H,18,19);(H,6,7). The van der Waals surface area contributed by atoms with Crippen LogP contribution in [0.25, 0.3) is 10.9 Å². The van der Waals surface area contributed by atoms with Crippen LogP contribution in [0.3, 0.4) is 0 Å². The van der Waals surface area contributed by atoms with Gasteiger partial charge in [0.1, 0.15) is 5.75 Å². The number of methoxy groups -OCH3 is 1. The number of rotatable bonds is 3. The van der Waals surface area contributed by atoms with Crippen LogP contribution >= 0.6 is 0 Å². The van der Waals surface area contributed by atoms with Crippen LogP contribution in [0.2, 0.25) is 0 Å². The number of fused-ring (bicyclic) bond motifs is 1. The lowest BCUT2D eigenvalue weighted by Crippen LogP contribution is -2.42. The molecule has 0 unspecified atom stereocenters. The third-order valence-electron chi connectivity index (χ3n) is 4.05. The van der Waals surface area contributed by atoms with E-state index in [1.54, 1.807) is 13.3 Å². The van der Waals surface area contributed by atoms with Crippen LogP contribution in [-0.4, -0.2) is 54.4 Å². The molecule has 1 saturated heterocycles. The van der Waals surface area contributed by atoms with Gasteiger partial charge in [-0.25, -0.2) is 4.79 Å². The largest absolute Gasteiger partial charge is 0.497 e. The number of piperidine rings is 1. The summed E-state index contributed by atoms with van der Waals surface area (Å²) in [6.45, 7) is 1.93. The fraction of sp³-hybridized carbons (Fsp3) is 0.412. The molecule has 0 spiro atoms. The number of benzene rings is 1. The van der Waals surface area contributed by atoms with Gasteiger partial charge in [0, 0.05) is 23.1 Å². The van der Waals surface area contributed by atoms with Crippen molar-refractivity contribution in [1.29, 1.82) is 0 Å².